The molecule has 1 aromatic rings. The van der Waals surface area contributed by atoms with Gasteiger partial charge in [-0.2, -0.15) is 0 Å². The molecule has 0 spiro atoms. The van der Waals surface area contributed by atoms with Gasteiger partial charge in [-0.15, -0.1) is 11.3 Å². The number of nitrogens with one attached hydrogen (secondary N) is 1. The van der Waals surface area contributed by atoms with Gasteiger partial charge in [0.25, 0.3) is 0 Å². The molecule has 1 atom stereocenters. The number of carbonyl (C=O) groups is 2. The zero-order chi connectivity index (χ0) is 16.1. The number of urea groups is 1. The summed E-state index contributed by atoms with van der Waals surface area (Å²) in [6.45, 7) is 4.57. The quantitative estimate of drug-likeness (QED) is 0.906. The Labute approximate surface area is 135 Å². The van der Waals surface area contributed by atoms with Crippen molar-refractivity contribution in [2.45, 2.75) is 13.0 Å². The summed E-state index contributed by atoms with van der Waals surface area (Å²) in [4.78, 5) is 30.5. The van der Waals surface area contributed by atoms with Crippen LogP contribution in [0.5, 0.6) is 0 Å². The smallest absolute Gasteiger partial charge is 0.317 e. The molecular weight excluding hydrogens is 300 g/mol. The molecule has 1 N–H and O–H groups in total. The van der Waals surface area contributed by atoms with Gasteiger partial charge in [0.15, 0.2) is 0 Å². The van der Waals surface area contributed by atoms with Gasteiger partial charge in [-0.25, -0.2) is 4.79 Å². The molecule has 0 aromatic carbocycles. The molecule has 7 heteroatoms. The number of piperazine rings is 1. The van der Waals surface area contributed by atoms with E-state index < -0.39 is 0 Å². The summed E-state index contributed by atoms with van der Waals surface area (Å²) in [7, 11) is 4.03. The molecule has 22 heavy (non-hydrogen) atoms. The van der Waals surface area contributed by atoms with Crippen LogP contribution in [0.25, 0.3) is 0 Å². The second kappa shape index (κ2) is 7.60. The van der Waals surface area contributed by atoms with Gasteiger partial charge < -0.3 is 20.0 Å². The Morgan fingerprint density at radius 3 is 2.41 bits per heavy atom. The van der Waals surface area contributed by atoms with E-state index in [1.54, 1.807) is 28.1 Å². The zero-order valence-electron chi connectivity index (χ0n) is 13.4. The van der Waals surface area contributed by atoms with Crippen LogP contribution in [0.3, 0.4) is 0 Å². The third kappa shape index (κ3) is 4.20. The lowest BCUT2D eigenvalue weighted by molar-refractivity contribution is -0.130. The van der Waals surface area contributed by atoms with Crippen LogP contribution < -0.4 is 5.32 Å². The van der Waals surface area contributed by atoms with E-state index in [2.05, 4.69) is 21.7 Å². The molecule has 1 aliphatic heterocycles. The first-order valence-electron chi connectivity index (χ1n) is 7.47. The normalized spacial score (nSPS) is 16.7. The number of likely N-dealkylation sites (N-methyl/N-ethyl adjacent to an activating group) is 1. The highest BCUT2D eigenvalue weighted by molar-refractivity contribution is 7.10. The Kier molecular flexibility index (Phi) is 5.79. The van der Waals surface area contributed by atoms with Gasteiger partial charge >= 0.3 is 6.03 Å². The summed E-state index contributed by atoms with van der Waals surface area (Å²) >= 11 is 1.70. The van der Waals surface area contributed by atoms with Gasteiger partial charge in [0.1, 0.15) is 0 Å². The third-order valence-corrected chi connectivity index (χ3v) is 4.93. The van der Waals surface area contributed by atoms with E-state index in [9.17, 15) is 9.59 Å². The Morgan fingerprint density at radius 2 is 1.91 bits per heavy atom. The summed E-state index contributed by atoms with van der Waals surface area (Å²) in [5.74, 6) is 0.0745. The van der Waals surface area contributed by atoms with E-state index in [4.69, 9.17) is 0 Å². The molecule has 1 fully saturated rings. The predicted molar refractivity (Wildman–Crippen MR) is 88.0 cm³/mol. The molecule has 2 heterocycles. The Balaban J connectivity index is 1.83. The first-order chi connectivity index (χ1) is 10.5. The van der Waals surface area contributed by atoms with Crippen LogP contribution in [0.1, 0.15) is 17.8 Å². The standard InChI is InChI=1S/C15H24N4O2S/c1-12(20)18-6-8-19(9-7-18)15(21)16-11-13(17(2)3)14-5-4-10-22-14/h4-5,10,13H,6-9,11H2,1-3H3,(H,16,21)/t13-/m1/s1. The zero-order valence-corrected chi connectivity index (χ0v) is 14.2. The van der Waals surface area contributed by atoms with E-state index in [-0.39, 0.29) is 18.0 Å². The summed E-state index contributed by atoms with van der Waals surface area (Å²) < 4.78 is 0. The fourth-order valence-electron chi connectivity index (χ4n) is 2.54. The number of amides is 3. The summed E-state index contributed by atoms with van der Waals surface area (Å²) in [6, 6.07) is 4.25. The van der Waals surface area contributed by atoms with Gasteiger partial charge in [0, 0.05) is 44.5 Å². The van der Waals surface area contributed by atoms with Crippen molar-refractivity contribution in [3.63, 3.8) is 0 Å². The molecule has 2 rings (SSSR count). The number of carbonyl (C=O) groups excluding carboxylic acids is 2. The topological polar surface area (TPSA) is 55.9 Å². The monoisotopic (exact) mass is 324 g/mol. The minimum Gasteiger partial charge on any atom is -0.339 e. The molecule has 0 saturated carbocycles. The minimum atomic E-state index is -0.0494. The van der Waals surface area contributed by atoms with Crippen molar-refractivity contribution >= 4 is 23.3 Å². The van der Waals surface area contributed by atoms with Gasteiger partial charge in [-0.3, -0.25) is 4.79 Å². The Morgan fingerprint density at radius 1 is 1.27 bits per heavy atom. The lowest BCUT2D eigenvalue weighted by atomic mass is 10.2. The van der Waals surface area contributed by atoms with Crippen molar-refractivity contribution in [2.24, 2.45) is 0 Å². The molecule has 122 valence electrons. The average molecular weight is 324 g/mol. The number of nitrogens with zero attached hydrogens (tertiary/aromatic N) is 3. The van der Waals surface area contributed by atoms with Crippen molar-refractivity contribution in [3.05, 3.63) is 22.4 Å². The van der Waals surface area contributed by atoms with E-state index in [1.165, 1.54) is 4.88 Å². The molecule has 0 radical (unpaired) electrons. The maximum absolute atomic E-state index is 12.3. The Hall–Kier alpha value is -1.60. The highest BCUT2D eigenvalue weighted by atomic mass is 32.1. The van der Waals surface area contributed by atoms with Crippen LogP contribution >= 0.6 is 11.3 Å². The summed E-state index contributed by atoms with van der Waals surface area (Å²) in [6.07, 6.45) is 0. The number of thiophene rings is 1. The van der Waals surface area contributed by atoms with E-state index in [0.29, 0.717) is 32.7 Å². The van der Waals surface area contributed by atoms with E-state index >= 15 is 0 Å². The highest BCUT2D eigenvalue weighted by Gasteiger charge is 2.23. The molecule has 3 amide bonds. The van der Waals surface area contributed by atoms with Crippen molar-refractivity contribution in [3.8, 4) is 0 Å². The van der Waals surface area contributed by atoms with Gasteiger partial charge in [-0.1, -0.05) is 6.07 Å². The second-order valence-electron chi connectivity index (χ2n) is 5.67. The second-order valence-corrected chi connectivity index (χ2v) is 6.65. The van der Waals surface area contributed by atoms with Crippen LogP contribution in [0.4, 0.5) is 4.79 Å². The molecule has 1 saturated heterocycles. The van der Waals surface area contributed by atoms with Crippen molar-refractivity contribution in [2.75, 3.05) is 46.8 Å². The van der Waals surface area contributed by atoms with Crippen LogP contribution in [-0.4, -0.2) is 73.5 Å². The number of hydrogen-bond acceptors (Lipinski definition) is 4. The molecule has 6 nitrogen and oxygen atoms in total. The number of hydrogen-bond donors (Lipinski definition) is 1. The molecule has 0 aliphatic carbocycles. The average Bonchev–Trinajstić information content (AvgIpc) is 3.01. The largest absolute Gasteiger partial charge is 0.339 e. The maximum atomic E-state index is 12.3. The van der Waals surface area contributed by atoms with Crippen LogP contribution in [0.15, 0.2) is 17.5 Å². The lowest BCUT2D eigenvalue weighted by Crippen LogP contribution is -2.53. The minimum absolute atomic E-state index is 0.0494. The first kappa shape index (κ1) is 16.8. The predicted octanol–water partition coefficient (Wildman–Crippen LogP) is 1.22. The summed E-state index contributed by atoms with van der Waals surface area (Å²) in [5, 5.41) is 5.06. The van der Waals surface area contributed by atoms with Crippen molar-refractivity contribution in [1.82, 2.24) is 20.0 Å². The van der Waals surface area contributed by atoms with Crippen LogP contribution in [-0.2, 0) is 4.79 Å². The molecule has 0 unspecified atom stereocenters. The van der Waals surface area contributed by atoms with E-state index in [0.717, 1.165) is 0 Å². The maximum Gasteiger partial charge on any atom is 0.317 e. The number of rotatable bonds is 4. The molecule has 1 aliphatic rings. The fraction of sp³-hybridized carbons (Fsp3) is 0.600. The lowest BCUT2D eigenvalue weighted by Gasteiger charge is -2.34. The van der Waals surface area contributed by atoms with E-state index in [1.807, 2.05) is 20.2 Å². The van der Waals surface area contributed by atoms with Crippen molar-refractivity contribution in [1.29, 1.82) is 0 Å². The molecule has 1 aromatic heterocycles. The Bertz CT molecular complexity index is 496. The van der Waals surface area contributed by atoms with Crippen LogP contribution in [0, 0.1) is 0 Å². The van der Waals surface area contributed by atoms with Crippen LogP contribution in [0.2, 0.25) is 0 Å². The third-order valence-electron chi connectivity index (χ3n) is 3.95. The van der Waals surface area contributed by atoms with Crippen molar-refractivity contribution < 1.29 is 9.59 Å². The van der Waals surface area contributed by atoms with Gasteiger partial charge in [0.05, 0.1) is 6.04 Å². The SMILES string of the molecule is CC(=O)N1CCN(C(=O)NC[C@H](c2cccs2)N(C)C)CC1. The first-order valence-corrected chi connectivity index (χ1v) is 8.35. The van der Waals surface area contributed by atoms with Gasteiger partial charge in [0.2, 0.25) is 5.91 Å². The fourth-order valence-corrected chi connectivity index (χ4v) is 3.46. The summed E-state index contributed by atoms with van der Waals surface area (Å²) in [5.41, 5.74) is 0. The molecular formula is C15H24N4O2S. The highest BCUT2D eigenvalue weighted by Crippen LogP contribution is 2.22. The van der Waals surface area contributed by atoms with Gasteiger partial charge in [-0.05, 0) is 25.5 Å². The molecule has 0 bridgehead atoms.